The Morgan fingerprint density at radius 2 is 2.00 bits per heavy atom. The first-order chi connectivity index (χ1) is 9.08. The number of carbonyl (C=O) groups is 1. The predicted molar refractivity (Wildman–Crippen MR) is 78.9 cm³/mol. The van der Waals surface area contributed by atoms with E-state index in [0.717, 1.165) is 31.5 Å². The van der Waals surface area contributed by atoms with Gasteiger partial charge in [0.25, 0.3) is 0 Å². The van der Waals surface area contributed by atoms with Crippen LogP contribution in [0.3, 0.4) is 0 Å². The Morgan fingerprint density at radius 3 is 2.58 bits per heavy atom. The van der Waals surface area contributed by atoms with E-state index in [1.54, 1.807) is 0 Å². The summed E-state index contributed by atoms with van der Waals surface area (Å²) in [5.74, 6) is 2.70. The minimum Gasteiger partial charge on any atom is -0.341 e. The minimum atomic E-state index is 0.330. The third-order valence-electron chi connectivity index (χ3n) is 4.37. The maximum atomic E-state index is 12.0. The zero-order chi connectivity index (χ0) is 13.8. The van der Waals surface area contributed by atoms with E-state index in [-0.39, 0.29) is 0 Å². The largest absolute Gasteiger partial charge is 0.341 e. The summed E-state index contributed by atoms with van der Waals surface area (Å²) in [4.78, 5) is 14.1. The molecule has 110 valence electrons. The molecule has 0 spiro atoms. The average Bonchev–Trinajstić information content (AvgIpc) is 3.19. The van der Waals surface area contributed by atoms with E-state index >= 15 is 0 Å². The number of hydrogen-bond acceptors (Lipinski definition) is 2. The lowest BCUT2D eigenvalue weighted by molar-refractivity contribution is -0.133. The number of amides is 1. The van der Waals surface area contributed by atoms with Crippen LogP contribution in [0.25, 0.3) is 0 Å². The molecule has 3 heteroatoms. The Kier molecular flexibility index (Phi) is 5.26. The Morgan fingerprint density at radius 1 is 1.26 bits per heavy atom. The van der Waals surface area contributed by atoms with Crippen molar-refractivity contribution < 1.29 is 4.79 Å². The number of rotatable bonds is 6. The highest BCUT2D eigenvalue weighted by Gasteiger charge is 2.33. The summed E-state index contributed by atoms with van der Waals surface area (Å²) < 4.78 is 0. The second kappa shape index (κ2) is 6.74. The van der Waals surface area contributed by atoms with Crippen molar-refractivity contribution in [1.82, 2.24) is 10.2 Å². The third-order valence-corrected chi connectivity index (χ3v) is 4.37. The summed E-state index contributed by atoms with van der Waals surface area (Å²) in [5.41, 5.74) is 0. The summed E-state index contributed by atoms with van der Waals surface area (Å²) in [7, 11) is 0. The molecule has 1 amide bonds. The van der Waals surface area contributed by atoms with Crippen LogP contribution in [-0.4, -0.2) is 36.5 Å². The molecule has 1 N–H and O–H groups in total. The van der Waals surface area contributed by atoms with E-state index in [2.05, 4.69) is 24.1 Å². The molecular weight excluding hydrogens is 236 g/mol. The Labute approximate surface area is 118 Å². The summed E-state index contributed by atoms with van der Waals surface area (Å²) in [5, 5.41) is 3.66. The third kappa shape index (κ3) is 4.79. The van der Waals surface area contributed by atoms with Crippen LogP contribution in [0.4, 0.5) is 0 Å². The zero-order valence-corrected chi connectivity index (χ0v) is 12.8. The minimum absolute atomic E-state index is 0.330. The van der Waals surface area contributed by atoms with Crippen molar-refractivity contribution in [1.29, 1.82) is 0 Å². The van der Waals surface area contributed by atoms with Gasteiger partial charge in [0.15, 0.2) is 0 Å². The average molecular weight is 266 g/mol. The molecular formula is C16H30N2O. The summed E-state index contributed by atoms with van der Waals surface area (Å²) >= 11 is 0. The highest BCUT2D eigenvalue weighted by molar-refractivity contribution is 5.76. The second-order valence-corrected chi connectivity index (χ2v) is 6.93. The van der Waals surface area contributed by atoms with E-state index in [1.165, 1.54) is 25.7 Å². The molecule has 2 atom stereocenters. The van der Waals surface area contributed by atoms with Crippen molar-refractivity contribution in [2.75, 3.05) is 19.6 Å². The van der Waals surface area contributed by atoms with Crippen LogP contribution in [0.1, 0.15) is 52.9 Å². The fourth-order valence-electron chi connectivity index (χ4n) is 3.18. The molecule has 1 aliphatic carbocycles. The molecule has 3 nitrogen and oxygen atoms in total. The molecule has 19 heavy (non-hydrogen) atoms. The molecule has 1 saturated carbocycles. The first kappa shape index (κ1) is 14.8. The van der Waals surface area contributed by atoms with E-state index in [9.17, 15) is 4.79 Å². The topological polar surface area (TPSA) is 32.3 Å². The number of likely N-dealkylation sites (tertiary alicyclic amines) is 1. The van der Waals surface area contributed by atoms with Crippen molar-refractivity contribution in [2.24, 2.45) is 17.8 Å². The summed E-state index contributed by atoms with van der Waals surface area (Å²) in [6, 6.07) is 0.510. The van der Waals surface area contributed by atoms with Crippen LogP contribution in [0, 0.1) is 17.8 Å². The number of carbonyl (C=O) groups excluding carboxylic acids is 1. The smallest absolute Gasteiger partial charge is 0.222 e. The molecule has 0 aromatic heterocycles. The van der Waals surface area contributed by atoms with Gasteiger partial charge in [-0.25, -0.2) is 0 Å². The molecule has 1 heterocycles. The molecule has 0 aromatic rings. The van der Waals surface area contributed by atoms with Gasteiger partial charge in [-0.1, -0.05) is 33.6 Å². The van der Waals surface area contributed by atoms with Gasteiger partial charge < -0.3 is 10.2 Å². The zero-order valence-electron chi connectivity index (χ0n) is 12.8. The normalized spacial score (nSPS) is 27.9. The fraction of sp³-hybridized carbons (Fsp3) is 0.938. The monoisotopic (exact) mass is 266 g/mol. The molecule has 0 radical (unpaired) electrons. The van der Waals surface area contributed by atoms with Crippen LogP contribution in [0.2, 0.25) is 0 Å². The maximum Gasteiger partial charge on any atom is 0.222 e. The van der Waals surface area contributed by atoms with Gasteiger partial charge in [0, 0.05) is 25.6 Å². The highest BCUT2D eigenvalue weighted by atomic mass is 16.2. The lowest BCUT2D eigenvalue weighted by Crippen LogP contribution is -2.51. The van der Waals surface area contributed by atoms with Crippen molar-refractivity contribution in [3.63, 3.8) is 0 Å². The number of hydrogen-bond donors (Lipinski definition) is 1. The SMILES string of the molecule is CCC(=O)N1CC(CC2CC2)CC(NCC(C)C)C1. The lowest BCUT2D eigenvalue weighted by atomic mass is 9.89. The van der Waals surface area contributed by atoms with Crippen LogP contribution < -0.4 is 5.32 Å². The van der Waals surface area contributed by atoms with Crippen molar-refractivity contribution in [2.45, 2.75) is 58.9 Å². The van der Waals surface area contributed by atoms with Gasteiger partial charge in [0.2, 0.25) is 5.91 Å². The Balaban J connectivity index is 1.88. The van der Waals surface area contributed by atoms with Crippen LogP contribution in [-0.2, 0) is 4.79 Å². The number of nitrogens with one attached hydrogen (secondary N) is 1. The number of piperidine rings is 1. The molecule has 2 rings (SSSR count). The predicted octanol–water partition coefficient (Wildman–Crippen LogP) is 2.66. The van der Waals surface area contributed by atoms with E-state index in [4.69, 9.17) is 0 Å². The first-order valence-electron chi connectivity index (χ1n) is 8.09. The lowest BCUT2D eigenvalue weighted by Gasteiger charge is -2.38. The van der Waals surface area contributed by atoms with Crippen LogP contribution in [0.15, 0.2) is 0 Å². The second-order valence-electron chi connectivity index (χ2n) is 6.93. The fourth-order valence-corrected chi connectivity index (χ4v) is 3.18. The maximum absolute atomic E-state index is 12.0. The Hall–Kier alpha value is -0.570. The molecule has 2 fully saturated rings. The molecule has 1 saturated heterocycles. The van der Waals surface area contributed by atoms with Gasteiger partial charge in [-0.05, 0) is 37.1 Å². The van der Waals surface area contributed by atoms with Crippen LogP contribution in [0.5, 0.6) is 0 Å². The van der Waals surface area contributed by atoms with Gasteiger partial charge in [-0.3, -0.25) is 4.79 Å². The van der Waals surface area contributed by atoms with Gasteiger partial charge in [0.1, 0.15) is 0 Å². The van der Waals surface area contributed by atoms with E-state index < -0.39 is 0 Å². The molecule has 1 aliphatic heterocycles. The van der Waals surface area contributed by atoms with E-state index in [1.807, 2.05) is 6.92 Å². The van der Waals surface area contributed by atoms with Gasteiger partial charge in [-0.2, -0.15) is 0 Å². The Bertz CT molecular complexity index is 299. The standard InChI is InChI=1S/C16H30N2O/c1-4-16(19)18-10-14(7-13-5-6-13)8-15(11-18)17-9-12(2)3/h12-15,17H,4-11H2,1-3H3. The molecule has 2 unspecified atom stereocenters. The quantitative estimate of drug-likeness (QED) is 0.801. The number of nitrogens with zero attached hydrogens (tertiary/aromatic N) is 1. The molecule has 0 aromatic carbocycles. The van der Waals surface area contributed by atoms with Crippen LogP contribution >= 0.6 is 0 Å². The van der Waals surface area contributed by atoms with Crippen molar-refractivity contribution >= 4 is 5.91 Å². The van der Waals surface area contributed by atoms with Crippen molar-refractivity contribution in [3.8, 4) is 0 Å². The summed E-state index contributed by atoms with van der Waals surface area (Å²) in [6.07, 6.45) is 6.09. The molecule has 2 aliphatic rings. The van der Waals surface area contributed by atoms with Gasteiger partial charge in [-0.15, -0.1) is 0 Å². The van der Waals surface area contributed by atoms with Gasteiger partial charge >= 0.3 is 0 Å². The van der Waals surface area contributed by atoms with Crippen molar-refractivity contribution in [3.05, 3.63) is 0 Å². The summed E-state index contributed by atoms with van der Waals surface area (Å²) in [6.45, 7) is 9.45. The van der Waals surface area contributed by atoms with E-state index in [0.29, 0.717) is 24.3 Å². The highest BCUT2D eigenvalue weighted by Crippen LogP contribution is 2.37. The van der Waals surface area contributed by atoms with Gasteiger partial charge in [0.05, 0.1) is 0 Å². The molecule has 0 bridgehead atoms. The first-order valence-corrected chi connectivity index (χ1v) is 8.09.